The SMILES string of the molecule is O=[N+]([O-])c1cccc(CNc2nc(-c3ccno3)nc3sc(Cl)cc23)c1. The maximum absolute atomic E-state index is 10.9. The monoisotopic (exact) mass is 387 g/mol. The Morgan fingerprint density at radius 1 is 1.27 bits per heavy atom. The summed E-state index contributed by atoms with van der Waals surface area (Å²) in [5.74, 6) is 1.39. The molecule has 0 saturated heterocycles. The fraction of sp³-hybridized carbons (Fsp3) is 0.0625. The zero-order valence-corrected chi connectivity index (χ0v) is 14.6. The molecule has 0 aliphatic rings. The van der Waals surface area contributed by atoms with E-state index in [9.17, 15) is 10.1 Å². The Labute approximate surface area is 155 Å². The van der Waals surface area contributed by atoms with Crippen LogP contribution in [-0.2, 0) is 6.54 Å². The van der Waals surface area contributed by atoms with E-state index >= 15 is 0 Å². The van der Waals surface area contributed by atoms with Gasteiger partial charge in [-0.15, -0.1) is 11.3 Å². The normalized spacial score (nSPS) is 11.0. The van der Waals surface area contributed by atoms with E-state index in [-0.39, 0.29) is 5.69 Å². The van der Waals surface area contributed by atoms with Crippen LogP contribution in [-0.4, -0.2) is 20.0 Å². The van der Waals surface area contributed by atoms with Crippen LogP contribution in [0.1, 0.15) is 5.56 Å². The molecule has 0 spiro atoms. The van der Waals surface area contributed by atoms with Crippen molar-refractivity contribution in [3.05, 3.63) is 62.6 Å². The van der Waals surface area contributed by atoms with Gasteiger partial charge in [0, 0.05) is 24.7 Å². The summed E-state index contributed by atoms with van der Waals surface area (Å²) in [6, 6.07) is 9.86. The van der Waals surface area contributed by atoms with E-state index in [1.54, 1.807) is 24.3 Å². The number of aromatic nitrogens is 3. The Balaban J connectivity index is 1.69. The molecule has 0 atom stereocenters. The number of nitro benzene ring substituents is 1. The molecule has 130 valence electrons. The lowest BCUT2D eigenvalue weighted by Crippen LogP contribution is -2.04. The van der Waals surface area contributed by atoms with Crippen molar-refractivity contribution in [2.24, 2.45) is 0 Å². The smallest absolute Gasteiger partial charge is 0.269 e. The Kier molecular flexibility index (Phi) is 4.23. The van der Waals surface area contributed by atoms with Gasteiger partial charge in [-0.25, -0.2) is 9.97 Å². The van der Waals surface area contributed by atoms with Crippen molar-refractivity contribution in [3.63, 3.8) is 0 Å². The average molecular weight is 388 g/mol. The van der Waals surface area contributed by atoms with Gasteiger partial charge in [-0.2, -0.15) is 0 Å². The van der Waals surface area contributed by atoms with E-state index in [1.165, 1.54) is 29.7 Å². The third-order valence-electron chi connectivity index (χ3n) is 3.60. The highest BCUT2D eigenvalue weighted by Gasteiger charge is 2.15. The highest BCUT2D eigenvalue weighted by atomic mass is 35.5. The van der Waals surface area contributed by atoms with E-state index < -0.39 is 4.92 Å². The third-order valence-corrected chi connectivity index (χ3v) is 4.76. The summed E-state index contributed by atoms with van der Waals surface area (Å²) >= 11 is 7.45. The highest BCUT2D eigenvalue weighted by molar-refractivity contribution is 7.22. The van der Waals surface area contributed by atoms with Crippen molar-refractivity contribution in [2.75, 3.05) is 5.32 Å². The number of non-ortho nitro benzene ring substituents is 1. The standard InChI is InChI=1S/C16H10ClN5O3S/c17-13-7-11-14(18-8-9-2-1-3-10(6-9)22(23)24)20-15(21-16(11)26-13)12-4-5-19-25-12/h1-7H,8H2,(H,18,20,21). The molecular formula is C16H10ClN5O3S. The minimum absolute atomic E-state index is 0.0399. The molecule has 1 N–H and O–H groups in total. The number of nitro groups is 1. The topological polar surface area (TPSA) is 107 Å². The van der Waals surface area contributed by atoms with Gasteiger partial charge >= 0.3 is 0 Å². The Morgan fingerprint density at radius 2 is 2.15 bits per heavy atom. The number of hydrogen-bond donors (Lipinski definition) is 1. The molecule has 1 aromatic carbocycles. The number of hydrogen-bond acceptors (Lipinski definition) is 8. The molecule has 10 heteroatoms. The summed E-state index contributed by atoms with van der Waals surface area (Å²) < 4.78 is 5.71. The first-order chi connectivity index (χ1) is 12.6. The predicted molar refractivity (Wildman–Crippen MR) is 98.3 cm³/mol. The number of rotatable bonds is 5. The van der Waals surface area contributed by atoms with Gasteiger partial charge in [-0.3, -0.25) is 10.1 Å². The second kappa shape index (κ2) is 6.70. The molecule has 26 heavy (non-hydrogen) atoms. The molecular weight excluding hydrogens is 378 g/mol. The maximum Gasteiger partial charge on any atom is 0.269 e. The molecule has 4 aromatic rings. The summed E-state index contributed by atoms with van der Waals surface area (Å²) in [5, 5.41) is 18.6. The van der Waals surface area contributed by atoms with E-state index in [0.29, 0.717) is 33.1 Å². The third kappa shape index (κ3) is 3.22. The zero-order valence-electron chi connectivity index (χ0n) is 13.0. The molecule has 0 bridgehead atoms. The first-order valence-electron chi connectivity index (χ1n) is 7.45. The Hall–Kier alpha value is -3.04. The van der Waals surface area contributed by atoms with E-state index in [4.69, 9.17) is 16.1 Å². The second-order valence-electron chi connectivity index (χ2n) is 5.32. The van der Waals surface area contributed by atoms with Crippen LogP contribution in [0.25, 0.3) is 21.8 Å². The molecule has 0 fully saturated rings. The van der Waals surface area contributed by atoms with Crippen LogP contribution < -0.4 is 5.32 Å². The van der Waals surface area contributed by atoms with Gasteiger partial charge < -0.3 is 9.84 Å². The molecule has 0 unspecified atom stereocenters. The van der Waals surface area contributed by atoms with Crippen molar-refractivity contribution in [1.29, 1.82) is 0 Å². The number of benzene rings is 1. The summed E-state index contributed by atoms with van der Waals surface area (Å²) in [5.41, 5.74) is 0.798. The van der Waals surface area contributed by atoms with Gasteiger partial charge in [-0.05, 0) is 11.6 Å². The van der Waals surface area contributed by atoms with Gasteiger partial charge in [0.1, 0.15) is 10.6 Å². The second-order valence-corrected chi connectivity index (χ2v) is 6.98. The molecule has 0 aliphatic heterocycles. The van der Waals surface area contributed by atoms with Crippen LogP contribution in [0.2, 0.25) is 4.34 Å². The van der Waals surface area contributed by atoms with Crippen molar-refractivity contribution >= 4 is 44.7 Å². The fourth-order valence-electron chi connectivity index (χ4n) is 2.43. The number of halogens is 1. The fourth-order valence-corrected chi connectivity index (χ4v) is 3.52. The Morgan fingerprint density at radius 3 is 2.92 bits per heavy atom. The number of nitrogens with zero attached hydrogens (tertiary/aromatic N) is 4. The molecule has 0 amide bonds. The van der Waals surface area contributed by atoms with E-state index in [1.807, 2.05) is 0 Å². The maximum atomic E-state index is 10.9. The van der Waals surface area contributed by atoms with Crippen LogP contribution >= 0.6 is 22.9 Å². The van der Waals surface area contributed by atoms with Gasteiger partial charge in [0.15, 0.2) is 0 Å². The molecule has 0 saturated carbocycles. The van der Waals surface area contributed by atoms with Gasteiger partial charge in [-0.1, -0.05) is 28.9 Å². The number of thiophene rings is 1. The van der Waals surface area contributed by atoms with Gasteiger partial charge in [0.25, 0.3) is 5.69 Å². The lowest BCUT2D eigenvalue weighted by Gasteiger charge is -2.08. The molecule has 3 heterocycles. The van der Waals surface area contributed by atoms with Crippen LogP contribution in [0.3, 0.4) is 0 Å². The summed E-state index contributed by atoms with van der Waals surface area (Å²) in [4.78, 5) is 20.1. The molecule has 8 nitrogen and oxygen atoms in total. The molecule has 4 rings (SSSR count). The van der Waals surface area contributed by atoms with Crippen LogP contribution in [0.5, 0.6) is 0 Å². The van der Waals surface area contributed by atoms with Crippen LogP contribution in [0.15, 0.2) is 47.1 Å². The van der Waals surface area contributed by atoms with Crippen LogP contribution in [0, 0.1) is 10.1 Å². The lowest BCUT2D eigenvalue weighted by atomic mass is 10.2. The van der Waals surface area contributed by atoms with Crippen molar-refractivity contribution in [3.8, 4) is 11.6 Å². The van der Waals surface area contributed by atoms with Gasteiger partial charge in [0.2, 0.25) is 11.6 Å². The summed E-state index contributed by atoms with van der Waals surface area (Å²) in [6.45, 7) is 0.358. The first-order valence-corrected chi connectivity index (χ1v) is 8.65. The minimum Gasteiger partial charge on any atom is -0.365 e. The lowest BCUT2D eigenvalue weighted by molar-refractivity contribution is -0.384. The van der Waals surface area contributed by atoms with Gasteiger partial charge in [0.05, 0.1) is 20.8 Å². The number of anilines is 1. The number of nitrogens with one attached hydrogen (secondary N) is 1. The van der Waals surface area contributed by atoms with E-state index in [0.717, 1.165) is 10.9 Å². The number of fused-ring (bicyclic) bond motifs is 1. The Bertz CT molecular complexity index is 1100. The van der Waals surface area contributed by atoms with E-state index in [2.05, 4.69) is 20.4 Å². The van der Waals surface area contributed by atoms with Crippen molar-refractivity contribution < 1.29 is 9.45 Å². The summed E-state index contributed by atoms with van der Waals surface area (Å²) in [7, 11) is 0. The van der Waals surface area contributed by atoms with Crippen molar-refractivity contribution in [1.82, 2.24) is 15.1 Å². The molecule has 0 radical (unpaired) electrons. The van der Waals surface area contributed by atoms with Crippen molar-refractivity contribution in [2.45, 2.75) is 6.54 Å². The largest absolute Gasteiger partial charge is 0.365 e. The zero-order chi connectivity index (χ0) is 18.1. The molecule has 3 aromatic heterocycles. The quantitative estimate of drug-likeness (QED) is 0.396. The minimum atomic E-state index is -0.424. The predicted octanol–water partition coefficient (Wildman–Crippen LogP) is 4.52. The molecule has 0 aliphatic carbocycles. The highest BCUT2D eigenvalue weighted by Crippen LogP contribution is 2.34. The van der Waals surface area contributed by atoms with Crippen LogP contribution in [0.4, 0.5) is 11.5 Å². The first kappa shape index (κ1) is 16.4. The summed E-state index contributed by atoms with van der Waals surface area (Å²) in [6.07, 6.45) is 1.51. The average Bonchev–Trinajstić information content (AvgIpc) is 3.28.